The van der Waals surface area contributed by atoms with E-state index < -0.39 is 0 Å². The molecule has 1 aliphatic heterocycles. The topological polar surface area (TPSA) is 66.7 Å². The fourth-order valence-corrected chi connectivity index (χ4v) is 1.87. The van der Waals surface area contributed by atoms with Gasteiger partial charge in [-0.25, -0.2) is 0 Å². The van der Waals surface area contributed by atoms with Crippen LogP contribution in [0.4, 0.5) is 0 Å². The zero-order chi connectivity index (χ0) is 11.0. The van der Waals surface area contributed by atoms with Gasteiger partial charge in [0.25, 0.3) is 0 Å². The van der Waals surface area contributed by atoms with Crippen molar-refractivity contribution in [3.05, 3.63) is 24.2 Å². The minimum atomic E-state index is 0.331. The molecule has 0 bridgehead atoms. The highest BCUT2D eigenvalue weighted by atomic mass is 16.5. The molecule has 84 valence electrons. The molecular weight excluding hydrogens is 204 g/mol. The van der Waals surface area contributed by atoms with Crippen molar-refractivity contribution in [3.63, 3.8) is 0 Å². The van der Waals surface area contributed by atoms with Crippen LogP contribution in [0.1, 0.15) is 18.7 Å². The summed E-state index contributed by atoms with van der Waals surface area (Å²) in [6, 6.07) is 3.86. The van der Waals surface area contributed by atoms with Gasteiger partial charge in [0.05, 0.1) is 5.69 Å². The zero-order valence-electron chi connectivity index (χ0n) is 9.10. The predicted octanol–water partition coefficient (Wildman–Crippen LogP) is 1.39. The zero-order valence-corrected chi connectivity index (χ0v) is 9.10. The smallest absolute Gasteiger partial charge is 0.230 e. The molecule has 2 N–H and O–H groups in total. The molecule has 1 unspecified atom stereocenters. The Labute approximate surface area is 93.3 Å². The van der Waals surface area contributed by atoms with Crippen LogP contribution in [0.15, 0.2) is 22.9 Å². The monoisotopic (exact) mass is 218 g/mol. The SMILES string of the molecule is CC(c1nc(-c2ccc[nH]2)no1)C1CNC1. The average molecular weight is 218 g/mol. The normalized spacial score (nSPS) is 18.3. The number of nitrogens with one attached hydrogen (secondary N) is 2. The molecule has 5 heteroatoms. The number of aromatic amines is 1. The third-order valence-electron chi connectivity index (χ3n) is 3.19. The van der Waals surface area contributed by atoms with E-state index in [1.807, 2.05) is 18.3 Å². The van der Waals surface area contributed by atoms with Crippen LogP contribution in [0.3, 0.4) is 0 Å². The Balaban J connectivity index is 1.82. The fourth-order valence-electron chi connectivity index (χ4n) is 1.87. The molecule has 5 nitrogen and oxygen atoms in total. The summed E-state index contributed by atoms with van der Waals surface area (Å²) in [4.78, 5) is 7.48. The summed E-state index contributed by atoms with van der Waals surface area (Å²) in [7, 11) is 0. The van der Waals surface area contributed by atoms with Gasteiger partial charge in [0, 0.05) is 12.1 Å². The lowest BCUT2D eigenvalue weighted by Gasteiger charge is -2.30. The lowest BCUT2D eigenvalue weighted by molar-refractivity contribution is 0.252. The lowest BCUT2D eigenvalue weighted by Crippen LogP contribution is -2.44. The molecule has 0 saturated carbocycles. The van der Waals surface area contributed by atoms with Gasteiger partial charge >= 0.3 is 0 Å². The van der Waals surface area contributed by atoms with Gasteiger partial charge in [0.2, 0.25) is 11.7 Å². The molecule has 3 heterocycles. The summed E-state index contributed by atoms with van der Waals surface area (Å²) in [5, 5.41) is 7.23. The van der Waals surface area contributed by atoms with Gasteiger partial charge in [0.15, 0.2) is 0 Å². The van der Waals surface area contributed by atoms with E-state index in [9.17, 15) is 0 Å². The van der Waals surface area contributed by atoms with Crippen molar-refractivity contribution in [1.82, 2.24) is 20.4 Å². The Morgan fingerprint density at radius 1 is 1.50 bits per heavy atom. The van der Waals surface area contributed by atoms with Gasteiger partial charge in [-0.05, 0) is 31.1 Å². The molecule has 1 aliphatic rings. The van der Waals surface area contributed by atoms with Crippen LogP contribution >= 0.6 is 0 Å². The van der Waals surface area contributed by atoms with Gasteiger partial charge in [0.1, 0.15) is 0 Å². The van der Waals surface area contributed by atoms with E-state index in [2.05, 4.69) is 27.4 Å². The standard InChI is InChI=1S/C11H14N4O/c1-7(8-5-12-6-8)11-14-10(15-16-11)9-3-2-4-13-9/h2-4,7-8,12-13H,5-6H2,1H3. The molecule has 3 rings (SSSR count). The van der Waals surface area contributed by atoms with Gasteiger partial charge in [-0.2, -0.15) is 4.98 Å². The predicted molar refractivity (Wildman–Crippen MR) is 58.9 cm³/mol. The van der Waals surface area contributed by atoms with Crippen molar-refractivity contribution in [2.75, 3.05) is 13.1 Å². The Morgan fingerprint density at radius 3 is 3.00 bits per heavy atom. The Morgan fingerprint density at radius 2 is 2.38 bits per heavy atom. The number of hydrogen-bond acceptors (Lipinski definition) is 4. The summed E-state index contributed by atoms with van der Waals surface area (Å²) in [6.45, 7) is 4.22. The highest BCUT2D eigenvalue weighted by Gasteiger charge is 2.28. The van der Waals surface area contributed by atoms with Crippen molar-refractivity contribution in [2.45, 2.75) is 12.8 Å². The number of H-pyrrole nitrogens is 1. The molecule has 0 amide bonds. The fraction of sp³-hybridized carbons (Fsp3) is 0.455. The molecule has 2 aromatic rings. The highest BCUT2D eigenvalue weighted by Crippen LogP contribution is 2.26. The minimum Gasteiger partial charge on any atom is -0.359 e. The van der Waals surface area contributed by atoms with Crippen LogP contribution in [0, 0.1) is 5.92 Å². The van der Waals surface area contributed by atoms with E-state index in [1.54, 1.807) is 0 Å². The summed E-state index contributed by atoms with van der Waals surface area (Å²) in [5.41, 5.74) is 0.897. The van der Waals surface area contributed by atoms with Crippen LogP contribution in [-0.4, -0.2) is 28.2 Å². The maximum absolute atomic E-state index is 5.30. The van der Waals surface area contributed by atoms with Crippen LogP contribution in [-0.2, 0) is 0 Å². The second-order valence-electron chi connectivity index (χ2n) is 4.25. The van der Waals surface area contributed by atoms with Crippen molar-refractivity contribution in [2.24, 2.45) is 5.92 Å². The van der Waals surface area contributed by atoms with Gasteiger partial charge in [-0.15, -0.1) is 0 Å². The van der Waals surface area contributed by atoms with Crippen LogP contribution in [0.5, 0.6) is 0 Å². The van der Waals surface area contributed by atoms with E-state index >= 15 is 0 Å². The van der Waals surface area contributed by atoms with Crippen molar-refractivity contribution < 1.29 is 4.52 Å². The molecule has 1 atom stereocenters. The van der Waals surface area contributed by atoms with Crippen LogP contribution < -0.4 is 5.32 Å². The van der Waals surface area contributed by atoms with E-state index in [0.29, 0.717) is 17.7 Å². The molecule has 0 aliphatic carbocycles. The van der Waals surface area contributed by atoms with Crippen molar-refractivity contribution in [1.29, 1.82) is 0 Å². The molecule has 1 saturated heterocycles. The number of aromatic nitrogens is 3. The van der Waals surface area contributed by atoms with E-state index in [1.165, 1.54) is 0 Å². The van der Waals surface area contributed by atoms with E-state index in [-0.39, 0.29) is 0 Å². The Bertz CT molecular complexity index is 458. The number of hydrogen-bond donors (Lipinski definition) is 2. The second-order valence-corrected chi connectivity index (χ2v) is 4.25. The van der Waals surface area contributed by atoms with E-state index in [4.69, 9.17) is 4.52 Å². The first-order valence-electron chi connectivity index (χ1n) is 5.52. The molecule has 0 radical (unpaired) electrons. The first-order valence-corrected chi connectivity index (χ1v) is 5.52. The summed E-state index contributed by atoms with van der Waals surface area (Å²) < 4.78 is 5.30. The Hall–Kier alpha value is -1.62. The van der Waals surface area contributed by atoms with Crippen molar-refractivity contribution >= 4 is 0 Å². The number of nitrogens with zero attached hydrogens (tertiary/aromatic N) is 2. The highest BCUT2D eigenvalue weighted by molar-refractivity contribution is 5.47. The summed E-state index contributed by atoms with van der Waals surface area (Å²) in [5.74, 6) is 2.32. The van der Waals surface area contributed by atoms with Crippen LogP contribution in [0.25, 0.3) is 11.5 Å². The third-order valence-corrected chi connectivity index (χ3v) is 3.19. The average Bonchev–Trinajstić information content (AvgIpc) is 2.86. The van der Waals surface area contributed by atoms with E-state index in [0.717, 1.165) is 24.7 Å². The maximum Gasteiger partial charge on any atom is 0.230 e. The van der Waals surface area contributed by atoms with Crippen LogP contribution in [0.2, 0.25) is 0 Å². The molecule has 1 fully saturated rings. The quantitative estimate of drug-likeness (QED) is 0.817. The summed E-state index contributed by atoms with van der Waals surface area (Å²) in [6.07, 6.45) is 1.85. The van der Waals surface area contributed by atoms with Gasteiger partial charge < -0.3 is 14.8 Å². The largest absolute Gasteiger partial charge is 0.359 e. The van der Waals surface area contributed by atoms with Crippen molar-refractivity contribution in [3.8, 4) is 11.5 Å². The molecule has 16 heavy (non-hydrogen) atoms. The van der Waals surface area contributed by atoms with Gasteiger partial charge in [-0.3, -0.25) is 0 Å². The first-order chi connectivity index (χ1) is 7.84. The molecule has 0 spiro atoms. The van der Waals surface area contributed by atoms with Gasteiger partial charge in [-0.1, -0.05) is 12.1 Å². The number of rotatable bonds is 3. The molecular formula is C11H14N4O. The second kappa shape index (κ2) is 3.75. The maximum atomic E-state index is 5.30. The third kappa shape index (κ3) is 1.53. The minimum absolute atomic E-state index is 0.331. The lowest BCUT2D eigenvalue weighted by atomic mass is 9.89. The Kier molecular flexibility index (Phi) is 2.25. The first kappa shape index (κ1) is 9.59. The molecule has 2 aromatic heterocycles. The summed E-state index contributed by atoms with van der Waals surface area (Å²) >= 11 is 0. The molecule has 0 aromatic carbocycles.